The van der Waals surface area contributed by atoms with Crippen LogP contribution >= 0.6 is 11.6 Å². The quantitative estimate of drug-likeness (QED) is 0.411. The molecule has 0 saturated carbocycles. The van der Waals surface area contributed by atoms with Crippen LogP contribution in [-0.4, -0.2) is 15.0 Å². The zero-order chi connectivity index (χ0) is 22.3. The highest BCUT2D eigenvalue weighted by atomic mass is 35.5. The van der Waals surface area contributed by atoms with Crippen molar-refractivity contribution >= 4 is 27.5 Å². The highest BCUT2D eigenvalue weighted by Crippen LogP contribution is 2.31. The monoisotopic (exact) mass is 453 g/mol. The third-order valence-electron chi connectivity index (χ3n) is 4.30. The standard InChI is InChI=1S/C24H20ClNO4S/c1-2-29-24-15-18(11-12-23(24)30-17-19-7-6-8-20(25)13-19)14-22(16-26)31(27,28)21-9-4-3-5-10-21/h3-15H,2,17H2,1H3. The fraction of sp³-hybridized carbons (Fsp3) is 0.125. The van der Waals surface area contributed by atoms with Crippen molar-refractivity contribution in [2.45, 2.75) is 18.4 Å². The molecular formula is C24H20ClNO4S. The summed E-state index contributed by atoms with van der Waals surface area (Å²) in [5.41, 5.74) is 1.41. The van der Waals surface area contributed by atoms with E-state index in [0.717, 1.165) is 5.56 Å². The molecule has 3 aromatic carbocycles. The molecule has 5 nitrogen and oxygen atoms in total. The van der Waals surface area contributed by atoms with Crippen LogP contribution in [0.25, 0.3) is 6.08 Å². The summed E-state index contributed by atoms with van der Waals surface area (Å²) in [5, 5.41) is 10.1. The van der Waals surface area contributed by atoms with Crippen molar-refractivity contribution in [3.8, 4) is 17.6 Å². The lowest BCUT2D eigenvalue weighted by atomic mass is 10.2. The highest BCUT2D eigenvalue weighted by molar-refractivity contribution is 7.95. The Labute approximate surface area is 187 Å². The number of halogens is 1. The minimum absolute atomic E-state index is 0.0642. The van der Waals surface area contributed by atoms with E-state index < -0.39 is 9.84 Å². The highest BCUT2D eigenvalue weighted by Gasteiger charge is 2.20. The molecule has 0 aliphatic rings. The van der Waals surface area contributed by atoms with Gasteiger partial charge in [0.1, 0.15) is 17.6 Å². The molecule has 0 heterocycles. The van der Waals surface area contributed by atoms with Crippen molar-refractivity contribution in [2.24, 2.45) is 0 Å². The molecular weight excluding hydrogens is 434 g/mol. The molecule has 0 aliphatic carbocycles. The van der Waals surface area contributed by atoms with Gasteiger partial charge in [0.05, 0.1) is 11.5 Å². The van der Waals surface area contributed by atoms with Gasteiger partial charge in [0.25, 0.3) is 0 Å². The van der Waals surface area contributed by atoms with Crippen LogP contribution in [-0.2, 0) is 16.4 Å². The maximum absolute atomic E-state index is 12.8. The molecule has 7 heteroatoms. The van der Waals surface area contributed by atoms with Gasteiger partial charge in [-0.3, -0.25) is 0 Å². The van der Waals surface area contributed by atoms with Gasteiger partial charge in [-0.15, -0.1) is 0 Å². The van der Waals surface area contributed by atoms with E-state index in [0.29, 0.717) is 35.3 Å². The maximum atomic E-state index is 12.8. The SMILES string of the molecule is CCOc1cc(C=C(C#N)S(=O)(=O)c2ccccc2)ccc1OCc1cccc(Cl)c1. The van der Waals surface area contributed by atoms with Gasteiger partial charge < -0.3 is 9.47 Å². The van der Waals surface area contributed by atoms with E-state index in [-0.39, 0.29) is 9.80 Å². The van der Waals surface area contributed by atoms with Crippen molar-refractivity contribution in [1.29, 1.82) is 5.26 Å². The van der Waals surface area contributed by atoms with E-state index in [4.69, 9.17) is 21.1 Å². The molecule has 0 aromatic heterocycles. The minimum atomic E-state index is -3.92. The molecule has 0 radical (unpaired) electrons. The van der Waals surface area contributed by atoms with Crippen molar-refractivity contribution in [2.75, 3.05) is 6.61 Å². The summed E-state index contributed by atoms with van der Waals surface area (Å²) in [6.45, 7) is 2.53. The zero-order valence-electron chi connectivity index (χ0n) is 16.8. The van der Waals surface area contributed by atoms with Crippen LogP contribution in [0.3, 0.4) is 0 Å². The summed E-state index contributed by atoms with van der Waals surface area (Å²) in [5.74, 6) is 0.955. The molecule has 0 unspecified atom stereocenters. The Hall–Kier alpha value is -3.27. The predicted molar refractivity (Wildman–Crippen MR) is 121 cm³/mol. The lowest BCUT2D eigenvalue weighted by Crippen LogP contribution is -2.03. The Balaban J connectivity index is 1.89. The third kappa shape index (κ3) is 5.66. The molecule has 31 heavy (non-hydrogen) atoms. The molecule has 158 valence electrons. The largest absolute Gasteiger partial charge is 0.490 e. The van der Waals surface area contributed by atoms with Gasteiger partial charge in [0, 0.05) is 5.02 Å². The van der Waals surface area contributed by atoms with Crippen LogP contribution in [0.5, 0.6) is 11.5 Å². The normalized spacial score (nSPS) is 11.6. The summed E-state index contributed by atoms with van der Waals surface area (Å²) in [6, 6.07) is 22.0. The van der Waals surface area contributed by atoms with E-state index in [1.165, 1.54) is 18.2 Å². The molecule has 0 spiro atoms. The van der Waals surface area contributed by atoms with Crippen LogP contribution in [0.15, 0.2) is 82.6 Å². The van der Waals surface area contributed by atoms with Gasteiger partial charge in [-0.2, -0.15) is 5.26 Å². The van der Waals surface area contributed by atoms with Gasteiger partial charge in [-0.1, -0.05) is 48.0 Å². The fourth-order valence-electron chi connectivity index (χ4n) is 2.84. The second-order valence-electron chi connectivity index (χ2n) is 6.49. The van der Waals surface area contributed by atoms with Crippen LogP contribution in [0.4, 0.5) is 0 Å². The average Bonchev–Trinajstić information content (AvgIpc) is 2.77. The smallest absolute Gasteiger partial charge is 0.216 e. The number of hydrogen-bond donors (Lipinski definition) is 0. The first-order valence-electron chi connectivity index (χ1n) is 9.50. The number of ether oxygens (including phenoxy) is 2. The summed E-state index contributed by atoms with van der Waals surface area (Å²) >= 11 is 6.01. The molecule has 0 atom stereocenters. The Morgan fingerprint density at radius 1 is 1.00 bits per heavy atom. The molecule has 3 rings (SSSR count). The number of nitriles is 1. The first-order chi connectivity index (χ1) is 14.9. The third-order valence-corrected chi connectivity index (χ3v) is 6.22. The van der Waals surface area contributed by atoms with Gasteiger partial charge in [0.15, 0.2) is 11.5 Å². The van der Waals surface area contributed by atoms with E-state index in [1.807, 2.05) is 25.1 Å². The lowest BCUT2D eigenvalue weighted by molar-refractivity contribution is 0.269. The van der Waals surface area contributed by atoms with Crippen LogP contribution in [0, 0.1) is 11.3 Å². The Kier molecular flexibility index (Phi) is 7.35. The van der Waals surface area contributed by atoms with Gasteiger partial charge in [0.2, 0.25) is 9.84 Å². The number of hydrogen-bond acceptors (Lipinski definition) is 5. The first-order valence-corrected chi connectivity index (χ1v) is 11.4. The number of sulfone groups is 1. The zero-order valence-corrected chi connectivity index (χ0v) is 18.4. The fourth-order valence-corrected chi connectivity index (χ4v) is 4.23. The van der Waals surface area contributed by atoms with Crippen LogP contribution in [0.1, 0.15) is 18.1 Å². The minimum Gasteiger partial charge on any atom is -0.490 e. The van der Waals surface area contributed by atoms with Crippen molar-refractivity contribution in [3.05, 3.63) is 93.9 Å². The van der Waals surface area contributed by atoms with E-state index >= 15 is 0 Å². The maximum Gasteiger partial charge on any atom is 0.216 e. The summed E-state index contributed by atoms with van der Waals surface area (Å²) in [4.78, 5) is -0.289. The molecule has 0 amide bonds. The Morgan fingerprint density at radius 2 is 1.77 bits per heavy atom. The summed E-state index contributed by atoms with van der Waals surface area (Å²) in [7, 11) is -3.92. The van der Waals surface area contributed by atoms with E-state index in [2.05, 4.69) is 0 Å². The van der Waals surface area contributed by atoms with Crippen molar-refractivity contribution in [3.63, 3.8) is 0 Å². The van der Waals surface area contributed by atoms with Crippen molar-refractivity contribution in [1.82, 2.24) is 0 Å². The van der Waals surface area contributed by atoms with Crippen molar-refractivity contribution < 1.29 is 17.9 Å². The number of rotatable bonds is 8. The Bertz CT molecular complexity index is 1230. The summed E-state index contributed by atoms with van der Waals surface area (Å²) in [6.07, 6.45) is 1.33. The molecule has 0 bridgehead atoms. The predicted octanol–water partition coefficient (Wildman–Crippen LogP) is 5.66. The van der Waals surface area contributed by atoms with Crippen LogP contribution in [0.2, 0.25) is 5.02 Å². The molecule has 0 aliphatic heterocycles. The summed E-state index contributed by atoms with van der Waals surface area (Å²) < 4.78 is 37.1. The molecule has 3 aromatic rings. The van der Waals surface area contributed by atoms with E-state index in [1.54, 1.807) is 48.5 Å². The number of benzene rings is 3. The van der Waals surface area contributed by atoms with Crippen LogP contribution < -0.4 is 9.47 Å². The Morgan fingerprint density at radius 3 is 2.45 bits per heavy atom. The first kappa shape index (κ1) is 22.4. The molecule has 0 fully saturated rings. The molecule has 0 N–H and O–H groups in total. The van der Waals surface area contributed by atoms with Gasteiger partial charge in [-0.25, -0.2) is 8.42 Å². The second-order valence-corrected chi connectivity index (χ2v) is 8.85. The number of allylic oxidation sites excluding steroid dienone is 1. The van der Waals surface area contributed by atoms with Gasteiger partial charge in [-0.05, 0) is 60.5 Å². The average molecular weight is 454 g/mol. The molecule has 0 saturated heterocycles. The number of nitrogens with zero attached hydrogens (tertiary/aromatic N) is 1. The topological polar surface area (TPSA) is 76.4 Å². The second kappa shape index (κ2) is 10.2. The van der Waals surface area contributed by atoms with Gasteiger partial charge >= 0.3 is 0 Å². The lowest BCUT2D eigenvalue weighted by Gasteiger charge is -2.13. The van der Waals surface area contributed by atoms with E-state index in [9.17, 15) is 13.7 Å².